The predicted molar refractivity (Wildman–Crippen MR) is 44.7 cm³/mol. The summed E-state index contributed by atoms with van der Waals surface area (Å²) in [5, 5.41) is 7.77. The van der Waals surface area contributed by atoms with E-state index in [-0.39, 0.29) is 6.04 Å². The zero-order chi connectivity index (χ0) is 8.43. The van der Waals surface area contributed by atoms with Gasteiger partial charge in [0.2, 0.25) is 0 Å². The minimum absolute atomic E-state index is 0.171. The van der Waals surface area contributed by atoms with Gasteiger partial charge in [0, 0.05) is 11.6 Å². The van der Waals surface area contributed by atoms with Crippen LogP contribution < -0.4 is 5.73 Å². The molecule has 11 heavy (non-hydrogen) atoms. The Morgan fingerprint density at radius 3 is 2.55 bits per heavy atom. The van der Waals surface area contributed by atoms with Crippen molar-refractivity contribution >= 4 is 23.2 Å². The molecule has 0 amide bonds. The Morgan fingerprint density at radius 2 is 2.09 bits per heavy atom. The number of hydrogen-bond donors (Lipinski definition) is 1. The largest absolute Gasteiger partial charge is 0.324 e. The molecule has 0 fully saturated rings. The SMILES string of the molecule is CC(N)c1cc(Cl)nnc1Cl. The Hall–Kier alpha value is -0.380. The number of rotatable bonds is 1. The monoisotopic (exact) mass is 191 g/mol. The fourth-order valence-electron chi connectivity index (χ4n) is 0.685. The van der Waals surface area contributed by atoms with Gasteiger partial charge in [-0.05, 0) is 13.0 Å². The van der Waals surface area contributed by atoms with Crippen LogP contribution in [0.15, 0.2) is 6.07 Å². The maximum Gasteiger partial charge on any atom is 0.156 e. The molecule has 0 aliphatic carbocycles. The highest BCUT2D eigenvalue weighted by molar-refractivity contribution is 6.31. The van der Waals surface area contributed by atoms with Gasteiger partial charge in [-0.2, -0.15) is 0 Å². The van der Waals surface area contributed by atoms with Gasteiger partial charge >= 0.3 is 0 Å². The molecule has 1 rings (SSSR count). The molecule has 0 bridgehead atoms. The maximum absolute atomic E-state index is 5.68. The zero-order valence-electron chi connectivity index (χ0n) is 5.88. The highest BCUT2D eigenvalue weighted by atomic mass is 35.5. The molecule has 1 aromatic heterocycles. The normalized spacial score (nSPS) is 13.1. The van der Waals surface area contributed by atoms with Crippen molar-refractivity contribution in [1.29, 1.82) is 0 Å². The van der Waals surface area contributed by atoms with E-state index >= 15 is 0 Å². The minimum Gasteiger partial charge on any atom is -0.324 e. The second kappa shape index (κ2) is 3.34. The molecule has 0 aliphatic heterocycles. The van der Waals surface area contributed by atoms with E-state index in [2.05, 4.69) is 10.2 Å². The van der Waals surface area contributed by atoms with Crippen molar-refractivity contribution in [3.63, 3.8) is 0 Å². The molecule has 0 spiro atoms. The van der Waals surface area contributed by atoms with E-state index in [4.69, 9.17) is 28.9 Å². The van der Waals surface area contributed by atoms with E-state index in [0.717, 1.165) is 0 Å². The summed E-state index contributed by atoms with van der Waals surface area (Å²) in [5.41, 5.74) is 6.29. The van der Waals surface area contributed by atoms with Gasteiger partial charge in [-0.15, -0.1) is 10.2 Å². The van der Waals surface area contributed by atoms with Gasteiger partial charge in [0.15, 0.2) is 10.3 Å². The molecule has 1 atom stereocenters. The summed E-state index contributed by atoms with van der Waals surface area (Å²) in [5.74, 6) is 0. The second-order valence-electron chi connectivity index (χ2n) is 2.20. The average molecular weight is 192 g/mol. The number of nitrogens with two attached hydrogens (primary N) is 1. The van der Waals surface area contributed by atoms with Crippen LogP contribution in [-0.4, -0.2) is 10.2 Å². The molecular formula is C6H7Cl2N3. The number of halogens is 2. The first-order valence-corrected chi connectivity index (χ1v) is 3.81. The molecule has 1 unspecified atom stereocenters. The molecular weight excluding hydrogens is 185 g/mol. The van der Waals surface area contributed by atoms with Crippen molar-refractivity contribution in [3.05, 3.63) is 21.9 Å². The van der Waals surface area contributed by atoms with E-state index < -0.39 is 0 Å². The van der Waals surface area contributed by atoms with Crippen LogP contribution in [0.4, 0.5) is 0 Å². The molecule has 0 aliphatic rings. The van der Waals surface area contributed by atoms with Crippen LogP contribution in [0.25, 0.3) is 0 Å². The van der Waals surface area contributed by atoms with E-state index in [0.29, 0.717) is 15.9 Å². The summed E-state index contributed by atoms with van der Waals surface area (Å²) < 4.78 is 0. The second-order valence-corrected chi connectivity index (χ2v) is 2.95. The van der Waals surface area contributed by atoms with E-state index in [1.54, 1.807) is 13.0 Å². The van der Waals surface area contributed by atoms with Gasteiger partial charge in [0.25, 0.3) is 0 Å². The third kappa shape index (κ3) is 2.02. The highest BCUT2D eigenvalue weighted by Gasteiger charge is 2.07. The third-order valence-corrected chi connectivity index (χ3v) is 1.72. The summed E-state index contributed by atoms with van der Waals surface area (Å²) >= 11 is 11.3. The van der Waals surface area contributed by atoms with Crippen molar-refractivity contribution in [1.82, 2.24) is 10.2 Å². The molecule has 5 heteroatoms. The Kier molecular flexibility index (Phi) is 2.65. The van der Waals surface area contributed by atoms with Gasteiger partial charge < -0.3 is 5.73 Å². The molecule has 3 nitrogen and oxygen atoms in total. The van der Waals surface area contributed by atoms with Crippen LogP contribution in [0.2, 0.25) is 10.3 Å². The standard InChI is InChI=1S/C6H7Cl2N3/c1-3(9)4-2-5(7)10-11-6(4)8/h2-3H,9H2,1H3. The smallest absolute Gasteiger partial charge is 0.156 e. The Balaban J connectivity index is 3.13. The number of hydrogen-bond acceptors (Lipinski definition) is 3. The maximum atomic E-state index is 5.68. The third-order valence-electron chi connectivity index (χ3n) is 1.24. The first-order chi connectivity index (χ1) is 5.11. The van der Waals surface area contributed by atoms with E-state index in [1.807, 2.05) is 0 Å². The summed E-state index contributed by atoms with van der Waals surface area (Å²) in [7, 11) is 0. The molecule has 0 saturated heterocycles. The zero-order valence-corrected chi connectivity index (χ0v) is 7.39. The lowest BCUT2D eigenvalue weighted by molar-refractivity contribution is 0.800. The summed E-state index contributed by atoms with van der Waals surface area (Å²) in [6.07, 6.45) is 0. The van der Waals surface area contributed by atoms with Crippen LogP contribution in [-0.2, 0) is 0 Å². The highest BCUT2D eigenvalue weighted by Crippen LogP contribution is 2.20. The van der Waals surface area contributed by atoms with Crippen molar-refractivity contribution in [3.8, 4) is 0 Å². The van der Waals surface area contributed by atoms with Crippen molar-refractivity contribution in [2.75, 3.05) is 0 Å². The summed E-state index contributed by atoms with van der Waals surface area (Å²) in [4.78, 5) is 0. The van der Waals surface area contributed by atoms with Crippen molar-refractivity contribution < 1.29 is 0 Å². The number of aromatic nitrogens is 2. The quantitative estimate of drug-likeness (QED) is 0.737. The minimum atomic E-state index is -0.171. The molecule has 0 saturated carbocycles. The first-order valence-electron chi connectivity index (χ1n) is 3.05. The Bertz CT molecular complexity index is 262. The van der Waals surface area contributed by atoms with Crippen LogP contribution in [0.1, 0.15) is 18.5 Å². The Labute approximate surface area is 74.5 Å². The Morgan fingerprint density at radius 1 is 1.45 bits per heavy atom. The molecule has 0 radical (unpaired) electrons. The lowest BCUT2D eigenvalue weighted by Gasteiger charge is -2.05. The van der Waals surface area contributed by atoms with Crippen LogP contribution in [0.5, 0.6) is 0 Å². The van der Waals surface area contributed by atoms with Gasteiger partial charge in [0.05, 0.1) is 0 Å². The molecule has 1 aromatic rings. The van der Waals surface area contributed by atoms with Crippen LogP contribution in [0, 0.1) is 0 Å². The van der Waals surface area contributed by atoms with Crippen LogP contribution in [0.3, 0.4) is 0 Å². The lowest BCUT2D eigenvalue weighted by Crippen LogP contribution is -2.07. The average Bonchev–Trinajstić information content (AvgIpc) is 1.94. The summed E-state index contributed by atoms with van der Waals surface area (Å²) in [6, 6.07) is 1.44. The van der Waals surface area contributed by atoms with Crippen molar-refractivity contribution in [2.24, 2.45) is 5.73 Å². The number of nitrogens with zero attached hydrogens (tertiary/aromatic N) is 2. The van der Waals surface area contributed by atoms with E-state index in [9.17, 15) is 0 Å². The fraction of sp³-hybridized carbons (Fsp3) is 0.333. The predicted octanol–water partition coefficient (Wildman–Crippen LogP) is 1.80. The molecule has 1 heterocycles. The van der Waals surface area contributed by atoms with Gasteiger partial charge in [0.1, 0.15) is 0 Å². The van der Waals surface area contributed by atoms with Crippen molar-refractivity contribution in [2.45, 2.75) is 13.0 Å². The lowest BCUT2D eigenvalue weighted by atomic mass is 10.2. The van der Waals surface area contributed by atoms with Gasteiger partial charge in [-0.25, -0.2) is 0 Å². The van der Waals surface area contributed by atoms with Gasteiger partial charge in [-0.1, -0.05) is 23.2 Å². The molecule has 0 aromatic carbocycles. The molecule has 2 N–H and O–H groups in total. The van der Waals surface area contributed by atoms with Gasteiger partial charge in [-0.3, -0.25) is 0 Å². The van der Waals surface area contributed by atoms with Crippen LogP contribution >= 0.6 is 23.2 Å². The summed E-state index contributed by atoms with van der Waals surface area (Å²) in [6.45, 7) is 1.80. The van der Waals surface area contributed by atoms with E-state index in [1.165, 1.54) is 0 Å². The first kappa shape index (κ1) is 8.71. The fourth-order valence-corrected chi connectivity index (χ4v) is 1.11. The topological polar surface area (TPSA) is 51.8 Å². The molecule has 60 valence electrons.